The van der Waals surface area contributed by atoms with Crippen LogP contribution in [-0.4, -0.2) is 32.9 Å². The molecule has 154 valence electrons. The first-order valence-electron chi connectivity index (χ1n) is 8.55. The molecule has 0 saturated carbocycles. The molecule has 0 fully saturated rings. The SMILES string of the molecule is O=C(O)Cc1nnc(Cc2nc3ccc(-c4ccc(OC(F)F)cc4)c(F)c3s2)o1. The maximum absolute atomic E-state index is 15.1. The first-order valence-corrected chi connectivity index (χ1v) is 9.37. The van der Waals surface area contributed by atoms with Crippen molar-refractivity contribution in [3.8, 4) is 16.9 Å². The van der Waals surface area contributed by atoms with Crippen LogP contribution in [0.15, 0.2) is 40.8 Å². The van der Waals surface area contributed by atoms with Crippen LogP contribution in [-0.2, 0) is 17.6 Å². The van der Waals surface area contributed by atoms with Gasteiger partial charge in [-0.25, -0.2) is 9.37 Å². The number of ether oxygens (including phenoxy) is 1. The summed E-state index contributed by atoms with van der Waals surface area (Å²) in [6.45, 7) is -2.93. The average molecular weight is 435 g/mol. The Morgan fingerprint density at radius 2 is 1.87 bits per heavy atom. The molecule has 11 heteroatoms. The van der Waals surface area contributed by atoms with Gasteiger partial charge in [0.05, 0.1) is 16.6 Å². The normalized spacial score (nSPS) is 11.3. The second kappa shape index (κ2) is 8.11. The van der Waals surface area contributed by atoms with Crippen LogP contribution >= 0.6 is 11.3 Å². The number of halogens is 3. The van der Waals surface area contributed by atoms with Crippen LogP contribution in [0.5, 0.6) is 5.75 Å². The molecule has 0 radical (unpaired) electrons. The first-order chi connectivity index (χ1) is 14.4. The van der Waals surface area contributed by atoms with Crippen LogP contribution in [0.3, 0.4) is 0 Å². The minimum atomic E-state index is -2.93. The Kier molecular flexibility index (Phi) is 5.36. The second-order valence-corrected chi connectivity index (χ2v) is 7.21. The predicted molar refractivity (Wildman–Crippen MR) is 100 cm³/mol. The van der Waals surface area contributed by atoms with Crippen LogP contribution < -0.4 is 4.74 Å². The topological polar surface area (TPSA) is 98.3 Å². The second-order valence-electron chi connectivity index (χ2n) is 6.12. The zero-order valence-electron chi connectivity index (χ0n) is 15.0. The number of nitrogens with zero attached hydrogens (tertiary/aromatic N) is 3. The fraction of sp³-hybridized carbons (Fsp3) is 0.158. The summed E-state index contributed by atoms with van der Waals surface area (Å²) in [5, 5.41) is 16.7. The third-order valence-corrected chi connectivity index (χ3v) is 5.11. The van der Waals surface area contributed by atoms with Crippen LogP contribution in [0.1, 0.15) is 16.8 Å². The quantitative estimate of drug-likeness (QED) is 0.462. The van der Waals surface area contributed by atoms with Gasteiger partial charge in [0.15, 0.2) is 0 Å². The smallest absolute Gasteiger partial charge is 0.387 e. The van der Waals surface area contributed by atoms with E-state index in [9.17, 15) is 13.6 Å². The van der Waals surface area contributed by atoms with Gasteiger partial charge in [0, 0.05) is 5.56 Å². The van der Waals surface area contributed by atoms with Crippen molar-refractivity contribution in [3.63, 3.8) is 0 Å². The maximum atomic E-state index is 15.1. The monoisotopic (exact) mass is 435 g/mol. The van der Waals surface area contributed by atoms with Crippen molar-refractivity contribution >= 4 is 27.5 Å². The molecule has 4 aromatic rings. The van der Waals surface area contributed by atoms with Crippen molar-refractivity contribution in [3.05, 3.63) is 59.0 Å². The molecule has 0 aliphatic heterocycles. The minimum absolute atomic E-state index is 0.0165. The first kappa shape index (κ1) is 19.8. The molecule has 0 spiro atoms. The summed E-state index contributed by atoms with van der Waals surface area (Å²) >= 11 is 1.11. The highest BCUT2D eigenvalue weighted by Gasteiger charge is 2.17. The number of hydrogen-bond donors (Lipinski definition) is 1. The molecule has 2 aromatic carbocycles. The van der Waals surface area contributed by atoms with Gasteiger partial charge in [-0.3, -0.25) is 4.79 Å². The molecule has 0 saturated heterocycles. The molecule has 2 aromatic heterocycles. The van der Waals surface area contributed by atoms with Crippen LogP contribution in [0, 0.1) is 5.82 Å². The largest absolute Gasteiger partial charge is 0.481 e. The van der Waals surface area contributed by atoms with Gasteiger partial charge in [0.2, 0.25) is 11.8 Å². The van der Waals surface area contributed by atoms with E-state index in [4.69, 9.17) is 9.52 Å². The number of thiazole rings is 1. The average Bonchev–Trinajstić information content (AvgIpc) is 3.29. The van der Waals surface area contributed by atoms with E-state index in [1.54, 1.807) is 12.1 Å². The molecule has 0 atom stereocenters. The highest BCUT2D eigenvalue weighted by molar-refractivity contribution is 7.18. The summed E-state index contributed by atoms with van der Waals surface area (Å²) in [6, 6.07) is 8.88. The molecule has 1 N–H and O–H groups in total. The van der Waals surface area contributed by atoms with E-state index < -0.39 is 18.4 Å². The molecule has 0 bridgehead atoms. The lowest BCUT2D eigenvalue weighted by molar-refractivity contribution is -0.136. The summed E-state index contributed by atoms with van der Waals surface area (Å²) in [6.07, 6.45) is -0.244. The van der Waals surface area contributed by atoms with E-state index in [1.807, 2.05) is 0 Å². The summed E-state index contributed by atoms with van der Waals surface area (Å²) < 4.78 is 49.5. The number of carboxylic acids is 1. The highest BCUT2D eigenvalue weighted by atomic mass is 32.1. The number of carboxylic acid groups (broad SMARTS) is 1. The van der Waals surface area contributed by atoms with E-state index in [0.29, 0.717) is 26.4 Å². The molecule has 2 heterocycles. The Balaban J connectivity index is 1.59. The van der Waals surface area contributed by atoms with Crippen molar-refractivity contribution in [2.45, 2.75) is 19.5 Å². The number of aromatic nitrogens is 3. The molecule has 0 aliphatic carbocycles. The van der Waals surface area contributed by atoms with E-state index in [1.165, 1.54) is 24.3 Å². The van der Waals surface area contributed by atoms with Gasteiger partial charge in [-0.15, -0.1) is 21.5 Å². The maximum Gasteiger partial charge on any atom is 0.387 e. The lowest BCUT2D eigenvalue weighted by atomic mass is 10.0. The molecular formula is C19H12F3N3O4S. The van der Waals surface area contributed by atoms with E-state index >= 15 is 4.39 Å². The Labute approximate surface area is 170 Å². The van der Waals surface area contributed by atoms with Gasteiger partial charge in [-0.2, -0.15) is 8.78 Å². The van der Waals surface area contributed by atoms with Crippen molar-refractivity contribution in [2.75, 3.05) is 0 Å². The van der Waals surface area contributed by atoms with Gasteiger partial charge >= 0.3 is 12.6 Å². The summed E-state index contributed by atoms with van der Waals surface area (Å²) in [5.41, 5.74) is 1.24. The van der Waals surface area contributed by atoms with Gasteiger partial charge in [0.1, 0.15) is 23.0 Å². The molecule has 4 rings (SSSR count). The fourth-order valence-electron chi connectivity index (χ4n) is 2.81. The lowest BCUT2D eigenvalue weighted by Gasteiger charge is -2.07. The number of aliphatic carboxylic acids is 1. The third kappa shape index (κ3) is 4.25. The Morgan fingerprint density at radius 1 is 1.13 bits per heavy atom. The van der Waals surface area contributed by atoms with Crippen molar-refractivity contribution in [1.29, 1.82) is 0 Å². The number of alkyl halides is 2. The predicted octanol–water partition coefficient (Wildman–Crippen LogP) is 4.30. The van der Waals surface area contributed by atoms with Crippen molar-refractivity contribution in [1.82, 2.24) is 15.2 Å². The molecule has 0 aliphatic rings. The third-order valence-electron chi connectivity index (χ3n) is 4.05. The molecular weight excluding hydrogens is 423 g/mol. The number of carbonyl (C=O) groups is 1. The number of rotatable bonds is 7. The highest BCUT2D eigenvalue weighted by Crippen LogP contribution is 2.33. The number of hydrogen-bond acceptors (Lipinski definition) is 7. The van der Waals surface area contributed by atoms with Gasteiger partial charge in [-0.1, -0.05) is 12.1 Å². The minimum Gasteiger partial charge on any atom is -0.481 e. The molecule has 0 unspecified atom stereocenters. The van der Waals surface area contributed by atoms with Crippen LogP contribution in [0.4, 0.5) is 13.2 Å². The molecule has 30 heavy (non-hydrogen) atoms. The van der Waals surface area contributed by atoms with E-state index in [0.717, 1.165) is 11.3 Å². The van der Waals surface area contributed by atoms with Gasteiger partial charge < -0.3 is 14.3 Å². The van der Waals surface area contributed by atoms with Gasteiger partial charge in [-0.05, 0) is 29.8 Å². The number of fused-ring (bicyclic) bond motifs is 1. The molecule has 0 amide bonds. The Bertz CT molecular complexity index is 1210. The van der Waals surface area contributed by atoms with Crippen LogP contribution in [0.2, 0.25) is 0 Å². The summed E-state index contributed by atoms with van der Waals surface area (Å²) in [4.78, 5) is 15.0. The summed E-state index contributed by atoms with van der Waals surface area (Å²) in [7, 11) is 0. The van der Waals surface area contributed by atoms with E-state index in [-0.39, 0.29) is 30.4 Å². The molecule has 7 nitrogen and oxygen atoms in total. The van der Waals surface area contributed by atoms with E-state index in [2.05, 4.69) is 19.9 Å². The zero-order chi connectivity index (χ0) is 21.3. The standard InChI is InChI=1S/C19H12F3N3O4S/c20-17-11(9-1-3-10(4-2-9)28-19(21)22)5-6-12-18(17)30-15(23-12)7-13-24-25-14(29-13)8-16(26)27/h1-6,19H,7-8H2,(H,26,27). The van der Waals surface area contributed by atoms with Gasteiger partial charge in [0.25, 0.3) is 0 Å². The lowest BCUT2D eigenvalue weighted by Crippen LogP contribution is -2.01. The Morgan fingerprint density at radius 3 is 2.57 bits per heavy atom. The summed E-state index contributed by atoms with van der Waals surface area (Å²) in [5.74, 6) is -1.44. The number of benzene rings is 2. The van der Waals surface area contributed by atoms with Crippen LogP contribution in [0.25, 0.3) is 21.3 Å². The van der Waals surface area contributed by atoms with Crippen molar-refractivity contribution < 1.29 is 32.2 Å². The zero-order valence-corrected chi connectivity index (χ0v) is 15.8. The van der Waals surface area contributed by atoms with Crippen molar-refractivity contribution in [2.24, 2.45) is 0 Å². The Hall–Kier alpha value is -3.47. The fourth-order valence-corrected chi connectivity index (χ4v) is 3.80.